The summed E-state index contributed by atoms with van der Waals surface area (Å²) in [6.45, 7) is 0.742. The van der Waals surface area contributed by atoms with Gasteiger partial charge in [0.2, 0.25) is 0 Å². The van der Waals surface area contributed by atoms with Crippen LogP contribution in [0.2, 0.25) is 0 Å². The summed E-state index contributed by atoms with van der Waals surface area (Å²) in [5.41, 5.74) is 2.14. The minimum Gasteiger partial charge on any atom is -0.379 e. The first-order chi connectivity index (χ1) is 9.40. The molecule has 1 aromatic heterocycles. The Morgan fingerprint density at radius 3 is 2.68 bits per heavy atom. The first-order valence-corrected chi connectivity index (χ1v) is 8.38. The minimum absolute atomic E-state index is 0.742. The van der Waals surface area contributed by atoms with Gasteiger partial charge < -0.3 is 5.32 Å². The standard InChI is InChI=1S/C14H17N3S2/c1-2-4-13(3-1)19-14-7-5-11(6-8-14)15-9-12-10-18-17-16-12/h5-8,10,13,15H,1-4,9H2. The number of nitrogens with zero attached hydrogens (tertiary/aromatic N) is 2. The lowest BCUT2D eigenvalue weighted by Gasteiger charge is -2.09. The number of hydrogen-bond acceptors (Lipinski definition) is 5. The fraction of sp³-hybridized carbons (Fsp3) is 0.429. The van der Waals surface area contributed by atoms with Crippen molar-refractivity contribution in [3.8, 4) is 0 Å². The van der Waals surface area contributed by atoms with Crippen molar-refractivity contribution in [2.75, 3.05) is 5.32 Å². The van der Waals surface area contributed by atoms with Crippen LogP contribution in [0.1, 0.15) is 31.4 Å². The van der Waals surface area contributed by atoms with Crippen molar-refractivity contribution in [2.45, 2.75) is 42.4 Å². The number of thioether (sulfide) groups is 1. The Bertz CT molecular complexity index is 490. The molecule has 19 heavy (non-hydrogen) atoms. The summed E-state index contributed by atoms with van der Waals surface area (Å²) < 4.78 is 3.85. The van der Waals surface area contributed by atoms with Gasteiger partial charge in [-0.15, -0.1) is 16.9 Å². The quantitative estimate of drug-likeness (QED) is 0.896. The number of anilines is 1. The molecule has 0 radical (unpaired) electrons. The van der Waals surface area contributed by atoms with Crippen LogP contribution in [-0.4, -0.2) is 14.8 Å². The van der Waals surface area contributed by atoms with Crippen LogP contribution in [0.25, 0.3) is 0 Å². The molecule has 0 saturated heterocycles. The van der Waals surface area contributed by atoms with Gasteiger partial charge in [-0.25, -0.2) is 0 Å². The Morgan fingerprint density at radius 1 is 1.21 bits per heavy atom. The molecule has 2 aromatic rings. The van der Waals surface area contributed by atoms with Gasteiger partial charge in [0.05, 0.1) is 12.2 Å². The number of benzene rings is 1. The van der Waals surface area contributed by atoms with Gasteiger partial charge >= 0.3 is 0 Å². The molecule has 0 spiro atoms. The van der Waals surface area contributed by atoms with Crippen molar-refractivity contribution < 1.29 is 0 Å². The van der Waals surface area contributed by atoms with E-state index in [0.29, 0.717) is 0 Å². The average molecular weight is 291 g/mol. The number of rotatable bonds is 5. The summed E-state index contributed by atoms with van der Waals surface area (Å²) in [7, 11) is 0. The van der Waals surface area contributed by atoms with Crippen molar-refractivity contribution in [1.29, 1.82) is 0 Å². The number of hydrogen-bond donors (Lipinski definition) is 1. The zero-order valence-electron chi connectivity index (χ0n) is 10.7. The van der Waals surface area contributed by atoms with Crippen LogP contribution >= 0.6 is 23.3 Å². The molecule has 3 rings (SSSR count). The fourth-order valence-electron chi connectivity index (χ4n) is 2.30. The van der Waals surface area contributed by atoms with Gasteiger partial charge in [-0.3, -0.25) is 0 Å². The fourth-order valence-corrected chi connectivity index (χ4v) is 4.00. The van der Waals surface area contributed by atoms with Gasteiger partial charge in [-0.1, -0.05) is 17.3 Å². The molecule has 1 heterocycles. The molecule has 0 atom stereocenters. The molecule has 0 bridgehead atoms. The van der Waals surface area contributed by atoms with Crippen molar-refractivity contribution in [1.82, 2.24) is 9.59 Å². The van der Waals surface area contributed by atoms with Crippen LogP contribution in [0, 0.1) is 0 Å². The van der Waals surface area contributed by atoms with E-state index in [1.807, 2.05) is 17.1 Å². The molecule has 1 aromatic carbocycles. The Kier molecular flexibility index (Phi) is 4.35. The summed E-state index contributed by atoms with van der Waals surface area (Å²) in [5.74, 6) is 0. The lowest BCUT2D eigenvalue weighted by Crippen LogP contribution is -1.99. The molecular formula is C14H17N3S2. The molecule has 1 saturated carbocycles. The van der Waals surface area contributed by atoms with E-state index in [1.54, 1.807) is 0 Å². The maximum atomic E-state index is 4.02. The van der Waals surface area contributed by atoms with Crippen LogP contribution in [0.5, 0.6) is 0 Å². The van der Waals surface area contributed by atoms with Crippen LogP contribution in [0.3, 0.4) is 0 Å². The van der Waals surface area contributed by atoms with Crippen LogP contribution < -0.4 is 5.32 Å². The van der Waals surface area contributed by atoms with Gasteiger partial charge in [0, 0.05) is 21.2 Å². The van der Waals surface area contributed by atoms with Crippen molar-refractivity contribution in [3.63, 3.8) is 0 Å². The Balaban J connectivity index is 1.53. The predicted octanol–water partition coefficient (Wildman–Crippen LogP) is 4.18. The average Bonchev–Trinajstić information content (AvgIpc) is 3.11. The molecule has 0 amide bonds. The summed E-state index contributed by atoms with van der Waals surface area (Å²) in [6.07, 6.45) is 5.56. The Morgan fingerprint density at radius 2 is 2.00 bits per heavy atom. The molecule has 1 N–H and O–H groups in total. The van der Waals surface area contributed by atoms with Crippen molar-refractivity contribution in [2.24, 2.45) is 0 Å². The molecule has 0 aliphatic heterocycles. The van der Waals surface area contributed by atoms with E-state index < -0.39 is 0 Å². The molecule has 1 aliphatic rings. The topological polar surface area (TPSA) is 37.8 Å². The van der Waals surface area contributed by atoms with Crippen LogP contribution in [-0.2, 0) is 6.54 Å². The smallest absolute Gasteiger partial charge is 0.0946 e. The highest BCUT2D eigenvalue weighted by Crippen LogP contribution is 2.34. The largest absolute Gasteiger partial charge is 0.379 e. The molecular weight excluding hydrogens is 274 g/mol. The van der Waals surface area contributed by atoms with Gasteiger partial charge in [0.15, 0.2) is 0 Å². The van der Waals surface area contributed by atoms with E-state index in [9.17, 15) is 0 Å². The summed E-state index contributed by atoms with van der Waals surface area (Å²) in [6, 6.07) is 8.73. The molecule has 1 fully saturated rings. The molecule has 1 aliphatic carbocycles. The predicted molar refractivity (Wildman–Crippen MR) is 81.8 cm³/mol. The highest BCUT2D eigenvalue weighted by Gasteiger charge is 2.15. The summed E-state index contributed by atoms with van der Waals surface area (Å²) in [5, 5.41) is 10.2. The van der Waals surface area contributed by atoms with E-state index in [2.05, 4.69) is 39.2 Å². The third kappa shape index (κ3) is 3.70. The zero-order valence-corrected chi connectivity index (χ0v) is 12.3. The molecule has 3 nitrogen and oxygen atoms in total. The van der Waals surface area contributed by atoms with Crippen molar-refractivity contribution >= 4 is 29.0 Å². The third-order valence-electron chi connectivity index (χ3n) is 3.34. The second kappa shape index (κ2) is 6.39. The number of aromatic nitrogens is 2. The lowest BCUT2D eigenvalue weighted by atomic mass is 10.3. The SMILES string of the molecule is c1cc(SC2CCCC2)ccc1NCc1csnn1. The third-order valence-corrected chi connectivity index (χ3v) is 5.24. The van der Waals surface area contributed by atoms with E-state index in [0.717, 1.165) is 23.2 Å². The van der Waals surface area contributed by atoms with Gasteiger partial charge in [-0.2, -0.15) is 0 Å². The molecule has 0 unspecified atom stereocenters. The highest BCUT2D eigenvalue weighted by molar-refractivity contribution is 8.00. The Hall–Kier alpha value is -1.07. The van der Waals surface area contributed by atoms with Crippen LogP contribution in [0.15, 0.2) is 34.5 Å². The molecule has 5 heteroatoms. The number of nitrogens with one attached hydrogen (secondary N) is 1. The first-order valence-electron chi connectivity index (χ1n) is 6.67. The molecule has 100 valence electrons. The minimum atomic E-state index is 0.742. The maximum absolute atomic E-state index is 4.02. The second-order valence-corrected chi connectivity index (χ2v) is 6.78. The van der Waals surface area contributed by atoms with Gasteiger partial charge in [-0.05, 0) is 48.6 Å². The highest BCUT2D eigenvalue weighted by atomic mass is 32.2. The Labute approximate surface area is 122 Å². The second-order valence-electron chi connectivity index (χ2n) is 4.80. The van der Waals surface area contributed by atoms with Crippen molar-refractivity contribution in [3.05, 3.63) is 35.3 Å². The summed E-state index contributed by atoms with van der Waals surface area (Å²) in [4.78, 5) is 1.38. The van der Waals surface area contributed by atoms with E-state index in [-0.39, 0.29) is 0 Å². The zero-order chi connectivity index (χ0) is 12.9. The monoisotopic (exact) mass is 291 g/mol. The first kappa shape index (κ1) is 12.9. The van der Waals surface area contributed by atoms with Gasteiger partial charge in [0.1, 0.15) is 0 Å². The normalized spacial score (nSPS) is 15.8. The van der Waals surface area contributed by atoms with E-state index >= 15 is 0 Å². The van der Waals surface area contributed by atoms with E-state index in [4.69, 9.17) is 0 Å². The maximum Gasteiger partial charge on any atom is 0.0946 e. The lowest BCUT2D eigenvalue weighted by molar-refractivity contribution is 0.886. The van der Waals surface area contributed by atoms with Gasteiger partial charge in [0.25, 0.3) is 0 Å². The summed E-state index contributed by atoms with van der Waals surface area (Å²) >= 11 is 3.42. The van der Waals surface area contributed by atoms with Crippen LogP contribution in [0.4, 0.5) is 5.69 Å². The van der Waals surface area contributed by atoms with E-state index in [1.165, 1.54) is 42.1 Å².